The van der Waals surface area contributed by atoms with Crippen LogP contribution in [0.1, 0.15) is 39.9 Å². The standard InChI is InChI=1S/C26H25NO5/c1-30-19-13-23(31-2)21-15-20(26(29)32-24(21)14-19)22(28)8-7-16-11-17-5-3-9-27-10-4-6-18(12-16)25(17)27/h7-8,11-15H,3-6,9-10H2,1-2H3/b8-7+. The number of carbonyl (C=O) groups excluding carboxylic acids is 1. The van der Waals surface area contributed by atoms with Gasteiger partial charge in [0.1, 0.15) is 22.6 Å². The number of anilines is 1. The van der Waals surface area contributed by atoms with Crippen LogP contribution in [0.2, 0.25) is 0 Å². The molecule has 3 heterocycles. The van der Waals surface area contributed by atoms with Gasteiger partial charge in [-0.1, -0.05) is 6.08 Å². The van der Waals surface area contributed by atoms with Gasteiger partial charge in [-0.25, -0.2) is 4.79 Å². The average molecular weight is 431 g/mol. The van der Waals surface area contributed by atoms with E-state index in [2.05, 4.69) is 17.0 Å². The number of ketones is 1. The van der Waals surface area contributed by atoms with Gasteiger partial charge in [0.15, 0.2) is 5.78 Å². The molecule has 2 aromatic carbocycles. The summed E-state index contributed by atoms with van der Waals surface area (Å²) in [5.41, 5.74) is 4.69. The van der Waals surface area contributed by atoms with E-state index in [0.717, 1.165) is 44.3 Å². The van der Waals surface area contributed by atoms with E-state index in [9.17, 15) is 9.59 Å². The highest BCUT2D eigenvalue weighted by atomic mass is 16.5. The summed E-state index contributed by atoms with van der Waals surface area (Å²) in [5, 5.41) is 0.544. The second-order valence-corrected chi connectivity index (χ2v) is 8.27. The molecule has 0 N–H and O–H groups in total. The van der Waals surface area contributed by atoms with Gasteiger partial charge in [-0.15, -0.1) is 0 Å². The summed E-state index contributed by atoms with van der Waals surface area (Å²) in [6.07, 6.45) is 7.68. The number of hydrogen-bond acceptors (Lipinski definition) is 6. The molecule has 3 aromatic rings. The van der Waals surface area contributed by atoms with E-state index in [-0.39, 0.29) is 5.56 Å². The van der Waals surface area contributed by atoms with Crippen molar-refractivity contribution >= 4 is 28.5 Å². The lowest BCUT2D eigenvalue weighted by Crippen LogP contribution is -2.34. The first-order valence-electron chi connectivity index (χ1n) is 10.9. The highest BCUT2D eigenvalue weighted by molar-refractivity contribution is 6.08. The zero-order chi connectivity index (χ0) is 22.2. The number of methoxy groups -OCH3 is 2. The van der Waals surface area contributed by atoms with Crippen LogP contribution >= 0.6 is 0 Å². The Morgan fingerprint density at radius 2 is 1.72 bits per heavy atom. The molecule has 0 radical (unpaired) electrons. The van der Waals surface area contributed by atoms with Gasteiger partial charge in [0.25, 0.3) is 0 Å². The first-order chi connectivity index (χ1) is 15.6. The maximum atomic E-state index is 12.9. The fourth-order valence-corrected chi connectivity index (χ4v) is 4.81. The molecule has 0 saturated heterocycles. The molecule has 2 aliphatic heterocycles. The molecule has 0 atom stereocenters. The number of aryl methyl sites for hydroxylation is 2. The van der Waals surface area contributed by atoms with Gasteiger partial charge in [0, 0.05) is 30.9 Å². The van der Waals surface area contributed by atoms with Crippen LogP contribution < -0.4 is 20.0 Å². The first kappa shape index (κ1) is 20.4. The molecule has 0 saturated carbocycles. The second kappa shape index (κ2) is 8.19. The van der Waals surface area contributed by atoms with Gasteiger partial charge in [0.05, 0.1) is 19.6 Å². The molecule has 2 aliphatic rings. The van der Waals surface area contributed by atoms with Gasteiger partial charge in [-0.05, 0) is 66.6 Å². The Morgan fingerprint density at radius 1 is 1.00 bits per heavy atom. The van der Waals surface area contributed by atoms with Crippen molar-refractivity contribution in [1.82, 2.24) is 0 Å². The van der Waals surface area contributed by atoms with Crippen molar-refractivity contribution in [2.75, 3.05) is 32.2 Å². The van der Waals surface area contributed by atoms with E-state index < -0.39 is 11.4 Å². The van der Waals surface area contributed by atoms with Crippen LogP contribution in [0, 0.1) is 0 Å². The van der Waals surface area contributed by atoms with Crippen molar-refractivity contribution in [2.24, 2.45) is 0 Å². The van der Waals surface area contributed by atoms with E-state index in [0.29, 0.717) is 22.5 Å². The van der Waals surface area contributed by atoms with Crippen molar-refractivity contribution in [3.05, 3.63) is 69.1 Å². The Bertz CT molecular complexity index is 1270. The van der Waals surface area contributed by atoms with E-state index >= 15 is 0 Å². The summed E-state index contributed by atoms with van der Waals surface area (Å²) < 4.78 is 16.0. The molecule has 0 aliphatic carbocycles. The van der Waals surface area contributed by atoms with Crippen molar-refractivity contribution < 1.29 is 18.7 Å². The van der Waals surface area contributed by atoms with E-state index in [1.807, 2.05) is 0 Å². The minimum absolute atomic E-state index is 0.0253. The monoisotopic (exact) mass is 431 g/mol. The molecule has 5 rings (SSSR count). The van der Waals surface area contributed by atoms with Crippen molar-refractivity contribution in [3.63, 3.8) is 0 Å². The van der Waals surface area contributed by atoms with Gasteiger partial charge in [0.2, 0.25) is 0 Å². The lowest BCUT2D eigenvalue weighted by molar-refractivity contribution is 0.104. The van der Waals surface area contributed by atoms with Crippen LogP contribution in [0.25, 0.3) is 17.0 Å². The molecule has 0 spiro atoms. The number of fused-ring (bicyclic) bond motifs is 1. The van der Waals surface area contributed by atoms with E-state index in [1.165, 1.54) is 43.2 Å². The Labute approximate surface area is 186 Å². The van der Waals surface area contributed by atoms with Crippen molar-refractivity contribution in [1.29, 1.82) is 0 Å². The Hall–Kier alpha value is -3.54. The molecule has 1 aromatic heterocycles. The molecule has 0 bridgehead atoms. The number of hydrogen-bond donors (Lipinski definition) is 0. The lowest BCUT2D eigenvalue weighted by atomic mass is 9.90. The Morgan fingerprint density at radius 3 is 2.38 bits per heavy atom. The minimum Gasteiger partial charge on any atom is -0.496 e. The Balaban J connectivity index is 1.49. The van der Waals surface area contributed by atoms with E-state index in [1.54, 1.807) is 18.2 Å². The normalized spacial score (nSPS) is 15.1. The fraction of sp³-hybridized carbons (Fsp3) is 0.308. The summed E-state index contributed by atoms with van der Waals surface area (Å²) in [4.78, 5) is 27.9. The third-order valence-electron chi connectivity index (χ3n) is 6.29. The van der Waals surface area contributed by atoms with Crippen LogP contribution in [0.15, 0.2) is 45.6 Å². The van der Waals surface area contributed by atoms with Crippen molar-refractivity contribution in [3.8, 4) is 11.5 Å². The van der Waals surface area contributed by atoms with Crippen LogP contribution in [0.5, 0.6) is 11.5 Å². The largest absolute Gasteiger partial charge is 0.496 e. The van der Waals surface area contributed by atoms with Gasteiger partial charge in [-0.2, -0.15) is 0 Å². The minimum atomic E-state index is -0.682. The zero-order valence-electron chi connectivity index (χ0n) is 18.3. The van der Waals surface area contributed by atoms with Crippen LogP contribution in [0.3, 0.4) is 0 Å². The number of ether oxygens (including phenoxy) is 2. The molecular formula is C26H25NO5. The summed E-state index contributed by atoms with van der Waals surface area (Å²) in [6.45, 7) is 2.25. The summed E-state index contributed by atoms with van der Waals surface area (Å²) >= 11 is 0. The summed E-state index contributed by atoms with van der Waals surface area (Å²) in [7, 11) is 3.04. The quantitative estimate of drug-likeness (QED) is 0.339. The molecule has 6 nitrogen and oxygen atoms in total. The van der Waals surface area contributed by atoms with Gasteiger partial charge < -0.3 is 18.8 Å². The molecule has 32 heavy (non-hydrogen) atoms. The summed E-state index contributed by atoms with van der Waals surface area (Å²) in [5.74, 6) is 0.581. The number of allylic oxidation sites excluding steroid dienone is 1. The van der Waals surface area contributed by atoms with Gasteiger partial charge >= 0.3 is 5.63 Å². The number of carbonyl (C=O) groups is 1. The fourth-order valence-electron chi connectivity index (χ4n) is 4.81. The SMILES string of the molecule is COc1cc(OC)c2cc(C(=O)/C=C/c3cc4c5c(c3)CCCN5CCC4)c(=O)oc2c1. The smallest absolute Gasteiger partial charge is 0.347 e. The predicted molar refractivity (Wildman–Crippen MR) is 124 cm³/mol. The molecule has 6 heteroatoms. The molecule has 0 unspecified atom stereocenters. The second-order valence-electron chi connectivity index (χ2n) is 8.27. The topological polar surface area (TPSA) is 69.0 Å². The summed E-state index contributed by atoms with van der Waals surface area (Å²) in [6, 6.07) is 9.15. The van der Waals surface area contributed by atoms with Gasteiger partial charge in [-0.3, -0.25) is 4.79 Å². The Kier molecular flexibility index (Phi) is 5.21. The molecule has 164 valence electrons. The highest BCUT2D eigenvalue weighted by Gasteiger charge is 2.24. The zero-order valence-corrected chi connectivity index (χ0v) is 18.3. The number of rotatable bonds is 5. The number of benzene rings is 2. The van der Waals surface area contributed by atoms with Crippen LogP contribution in [-0.2, 0) is 12.8 Å². The predicted octanol–water partition coefficient (Wildman–Crippen LogP) is 4.41. The molecule has 0 fully saturated rings. The third-order valence-corrected chi connectivity index (χ3v) is 6.29. The van der Waals surface area contributed by atoms with Crippen LogP contribution in [-0.4, -0.2) is 33.1 Å². The molecular weight excluding hydrogens is 406 g/mol. The van der Waals surface area contributed by atoms with E-state index in [4.69, 9.17) is 13.9 Å². The molecule has 0 amide bonds. The average Bonchev–Trinajstić information content (AvgIpc) is 2.81. The maximum absolute atomic E-state index is 12.9. The van der Waals surface area contributed by atoms with Crippen LogP contribution in [0.4, 0.5) is 5.69 Å². The highest BCUT2D eigenvalue weighted by Crippen LogP contribution is 2.36. The lowest BCUT2D eigenvalue weighted by Gasteiger charge is -2.37. The third kappa shape index (κ3) is 3.55. The number of nitrogens with zero attached hydrogens (tertiary/aromatic N) is 1. The maximum Gasteiger partial charge on any atom is 0.347 e. The first-order valence-corrected chi connectivity index (χ1v) is 10.9. The van der Waals surface area contributed by atoms with Crippen molar-refractivity contribution in [2.45, 2.75) is 25.7 Å².